The van der Waals surface area contributed by atoms with E-state index in [9.17, 15) is 9.59 Å². The summed E-state index contributed by atoms with van der Waals surface area (Å²) < 4.78 is 6.84. The van der Waals surface area contributed by atoms with Gasteiger partial charge < -0.3 is 14.3 Å². The predicted octanol–water partition coefficient (Wildman–Crippen LogP) is 3.70. The molecule has 0 bridgehead atoms. The molecule has 1 aliphatic heterocycles. The maximum atomic E-state index is 12.8. The minimum absolute atomic E-state index is 0.417. The number of aromatic nitrogens is 2. The minimum atomic E-state index is -0.840. The van der Waals surface area contributed by atoms with Gasteiger partial charge in [-0.05, 0) is 24.1 Å². The Morgan fingerprint density at radius 2 is 1.77 bits per heavy atom. The maximum Gasteiger partial charge on any atom is 0.379 e. The Hall–Kier alpha value is -3.34. The van der Waals surface area contributed by atoms with E-state index in [0.717, 1.165) is 46.2 Å². The summed E-state index contributed by atoms with van der Waals surface area (Å²) in [6.07, 6.45) is 0.872. The van der Waals surface area contributed by atoms with Gasteiger partial charge in [-0.15, -0.1) is 0 Å². The van der Waals surface area contributed by atoms with Crippen LogP contribution >= 0.6 is 0 Å². The number of nitrogens with zero attached hydrogens (tertiary/aromatic N) is 1. The van der Waals surface area contributed by atoms with Gasteiger partial charge in [0.2, 0.25) is 0 Å². The van der Waals surface area contributed by atoms with E-state index < -0.39 is 11.8 Å². The Kier molecular flexibility index (Phi) is 3.06. The van der Waals surface area contributed by atoms with Crippen molar-refractivity contribution in [2.75, 3.05) is 7.11 Å². The number of aromatic amines is 1. The molecule has 0 spiro atoms. The van der Waals surface area contributed by atoms with Gasteiger partial charge in [-0.1, -0.05) is 36.4 Å². The summed E-state index contributed by atoms with van der Waals surface area (Å²) in [5, 5.41) is 1.94. The van der Waals surface area contributed by atoms with Crippen molar-refractivity contribution in [1.29, 1.82) is 0 Å². The summed E-state index contributed by atoms with van der Waals surface area (Å²) in [5.74, 6) is -1.45. The molecule has 128 valence electrons. The number of para-hydroxylation sites is 2. The molecule has 1 aliphatic rings. The number of H-pyrrole nitrogens is 1. The zero-order chi connectivity index (χ0) is 17.8. The van der Waals surface area contributed by atoms with Gasteiger partial charge in [0.25, 0.3) is 5.78 Å². The largest absolute Gasteiger partial charge is 0.463 e. The first-order valence-corrected chi connectivity index (χ1v) is 8.54. The van der Waals surface area contributed by atoms with Crippen LogP contribution in [-0.4, -0.2) is 28.4 Å². The van der Waals surface area contributed by atoms with Crippen molar-refractivity contribution < 1.29 is 14.3 Å². The van der Waals surface area contributed by atoms with Crippen molar-refractivity contribution in [3.8, 4) is 11.4 Å². The Morgan fingerprint density at radius 3 is 2.58 bits per heavy atom. The normalized spacial score (nSPS) is 12.8. The van der Waals surface area contributed by atoms with E-state index >= 15 is 0 Å². The van der Waals surface area contributed by atoms with E-state index in [-0.39, 0.29) is 0 Å². The average Bonchev–Trinajstić information content (AvgIpc) is 3.22. The molecule has 0 amide bonds. The van der Waals surface area contributed by atoms with Crippen LogP contribution in [0.25, 0.3) is 33.2 Å². The van der Waals surface area contributed by atoms with Crippen LogP contribution in [-0.2, 0) is 22.5 Å². The second kappa shape index (κ2) is 5.33. The minimum Gasteiger partial charge on any atom is -0.463 e. The van der Waals surface area contributed by atoms with E-state index in [4.69, 9.17) is 4.74 Å². The molecule has 5 heteroatoms. The summed E-state index contributed by atoms with van der Waals surface area (Å²) >= 11 is 0. The van der Waals surface area contributed by atoms with Crippen LogP contribution in [0.4, 0.5) is 0 Å². The highest BCUT2D eigenvalue weighted by molar-refractivity contribution is 6.44. The number of nitrogens with one attached hydrogen (secondary N) is 1. The summed E-state index contributed by atoms with van der Waals surface area (Å²) in [4.78, 5) is 28.3. The molecule has 2 aromatic carbocycles. The van der Waals surface area contributed by atoms with Crippen molar-refractivity contribution in [3.05, 3.63) is 59.7 Å². The number of ketones is 1. The van der Waals surface area contributed by atoms with Gasteiger partial charge in [-0.3, -0.25) is 4.79 Å². The Bertz CT molecular complexity index is 1210. The third kappa shape index (κ3) is 1.85. The smallest absolute Gasteiger partial charge is 0.379 e. The van der Waals surface area contributed by atoms with Gasteiger partial charge in [0.05, 0.1) is 24.1 Å². The molecule has 1 N–H and O–H groups in total. The number of esters is 1. The van der Waals surface area contributed by atoms with Crippen LogP contribution in [0.5, 0.6) is 0 Å². The number of fused-ring (bicyclic) bond motifs is 7. The van der Waals surface area contributed by atoms with Crippen molar-refractivity contribution in [3.63, 3.8) is 0 Å². The SMILES string of the molecule is COC(=O)C(=O)c1c2n(c3ccccc13)CCc1c-2[nH]c2ccccc12. The number of rotatable bonds is 2. The molecular weight excluding hydrogens is 328 g/mol. The Morgan fingerprint density at radius 1 is 1.04 bits per heavy atom. The van der Waals surface area contributed by atoms with Crippen LogP contribution in [0, 0.1) is 0 Å². The number of benzene rings is 2. The van der Waals surface area contributed by atoms with E-state index in [1.807, 2.05) is 42.5 Å². The summed E-state index contributed by atoms with van der Waals surface area (Å²) in [5.41, 5.74) is 5.29. The lowest BCUT2D eigenvalue weighted by Gasteiger charge is -2.18. The molecule has 5 nitrogen and oxygen atoms in total. The first-order valence-electron chi connectivity index (χ1n) is 8.54. The topological polar surface area (TPSA) is 64.1 Å². The molecule has 0 radical (unpaired) electrons. The molecule has 5 rings (SSSR count). The fourth-order valence-corrected chi connectivity index (χ4v) is 4.11. The van der Waals surface area contributed by atoms with Gasteiger partial charge in [0.15, 0.2) is 0 Å². The fraction of sp³-hybridized carbons (Fsp3) is 0.143. The lowest BCUT2D eigenvalue weighted by atomic mass is 9.98. The fourth-order valence-electron chi connectivity index (χ4n) is 4.11. The summed E-state index contributed by atoms with van der Waals surface area (Å²) in [6.45, 7) is 0.763. The Labute approximate surface area is 149 Å². The number of hydrogen-bond donors (Lipinski definition) is 1. The van der Waals surface area contributed by atoms with Crippen LogP contribution in [0.2, 0.25) is 0 Å². The monoisotopic (exact) mass is 344 g/mol. The number of ether oxygens (including phenoxy) is 1. The van der Waals surface area contributed by atoms with Crippen molar-refractivity contribution in [2.45, 2.75) is 13.0 Å². The van der Waals surface area contributed by atoms with E-state index in [1.54, 1.807) is 0 Å². The summed E-state index contributed by atoms with van der Waals surface area (Å²) in [6, 6.07) is 15.8. The average molecular weight is 344 g/mol. The molecule has 2 aromatic heterocycles. The zero-order valence-corrected chi connectivity index (χ0v) is 14.2. The molecule has 0 fully saturated rings. The van der Waals surface area contributed by atoms with Gasteiger partial charge in [-0.25, -0.2) is 4.79 Å². The molecule has 3 heterocycles. The van der Waals surface area contributed by atoms with Crippen molar-refractivity contribution >= 4 is 33.6 Å². The Balaban J connectivity index is 1.90. The zero-order valence-electron chi connectivity index (χ0n) is 14.2. The lowest BCUT2D eigenvalue weighted by molar-refractivity contribution is -0.135. The molecule has 0 saturated heterocycles. The predicted molar refractivity (Wildman–Crippen MR) is 99.3 cm³/mol. The quantitative estimate of drug-likeness (QED) is 0.343. The van der Waals surface area contributed by atoms with Crippen LogP contribution in [0.15, 0.2) is 48.5 Å². The number of carbonyl (C=O) groups is 2. The molecule has 0 atom stereocenters. The van der Waals surface area contributed by atoms with Crippen LogP contribution < -0.4 is 0 Å². The van der Waals surface area contributed by atoms with Gasteiger partial charge in [-0.2, -0.15) is 0 Å². The van der Waals surface area contributed by atoms with Gasteiger partial charge in [0.1, 0.15) is 0 Å². The van der Waals surface area contributed by atoms with E-state index in [2.05, 4.69) is 15.6 Å². The molecule has 0 aliphatic carbocycles. The molecule has 26 heavy (non-hydrogen) atoms. The molecule has 0 unspecified atom stereocenters. The third-order valence-corrected chi connectivity index (χ3v) is 5.20. The summed E-state index contributed by atoms with van der Waals surface area (Å²) in [7, 11) is 1.24. The van der Waals surface area contributed by atoms with Crippen molar-refractivity contribution in [2.24, 2.45) is 0 Å². The van der Waals surface area contributed by atoms with Gasteiger partial charge >= 0.3 is 5.97 Å². The highest BCUT2D eigenvalue weighted by atomic mass is 16.5. The molecule has 0 saturated carbocycles. The lowest BCUT2D eigenvalue weighted by Crippen LogP contribution is -2.18. The highest BCUT2D eigenvalue weighted by Gasteiger charge is 2.32. The second-order valence-corrected chi connectivity index (χ2v) is 6.49. The first-order chi connectivity index (χ1) is 12.7. The van der Waals surface area contributed by atoms with Crippen molar-refractivity contribution in [1.82, 2.24) is 9.55 Å². The third-order valence-electron chi connectivity index (χ3n) is 5.20. The number of Topliss-reactive ketones (excluding diaryl/α,β-unsaturated/α-hetero) is 1. The number of carbonyl (C=O) groups excluding carboxylic acids is 2. The maximum absolute atomic E-state index is 12.8. The molecule has 4 aromatic rings. The van der Waals surface area contributed by atoms with Crippen LogP contribution in [0.3, 0.4) is 0 Å². The van der Waals surface area contributed by atoms with E-state index in [1.165, 1.54) is 12.7 Å². The number of methoxy groups -OCH3 is 1. The highest BCUT2D eigenvalue weighted by Crippen LogP contribution is 2.41. The standard InChI is InChI=1S/C21H16N2O3/c1-26-21(25)20(24)17-14-7-3-5-9-16(14)23-11-10-13-12-6-2-4-8-15(12)22-18(13)19(17)23/h2-9,22H,10-11H2,1H3. The molecular formula is C21H16N2O3. The van der Waals surface area contributed by atoms with Crippen LogP contribution in [0.1, 0.15) is 15.9 Å². The second-order valence-electron chi connectivity index (χ2n) is 6.49. The number of aryl methyl sites for hydroxylation is 2. The van der Waals surface area contributed by atoms with Gasteiger partial charge in [0, 0.05) is 28.4 Å². The first kappa shape index (κ1) is 15.0. The number of hydrogen-bond acceptors (Lipinski definition) is 3. The van der Waals surface area contributed by atoms with E-state index in [0.29, 0.717) is 5.56 Å².